The number of fused-ring (bicyclic) bond motifs is 1. The average Bonchev–Trinajstić information content (AvgIpc) is 3.57. The molecular formula is C31H26ClF2N3O2. The number of para-hydroxylation sites is 2. The molecule has 1 aliphatic heterocycles. The number of benzene rings is 3. The zero-order chi connectivity index (χ0) is 26.8. The molecule has 0 bridgehead atoms. The summed E-state index contributed by atoms with van der Waals surface area (Å²) in [5.74, 6) is 0.276. The zero-order valence-corrected chi connectivity index (χ0v) is 21.9. The molecule has 5 nitrogen and oxygen atoms in total. The predicted octanol–water partition coefficient (Wildman–Crippen LogP) is 7.38. The van der Waals surface area contributed by atoms with Crippen molar-refractivity contribution in [3.8, 4) is 17.1 Å². The molecule has 0 saturated carbocycles. The van der Waals surface area contributed by atoms with E-state index in [4.69, 9.17) is 26.1 Å². The minimum atomic E-state index is -0.454. The predicted molar refractivity (Wildman–Crippen MR) is 147 cm³/mol. The van der Waals surface area contributed by atoms with Crippen LogP contribution >= 0.6 is 11.6 Å². The van der Waals surface area contributed by atoms with Crippen molar-refractivity contribution in [2.75, 3.05) is 6.61 Å². The van der Waals surface area contributed by atoms with E-state index in [-0.39, 0.29) is 29.2 Å². The van der Waals surface area contributed by atoms with Crippen LogP contribution in [0.1, 0.15) is 29.8 Å². The van der Waals surface area contributed by atoms with Crippen molar-refractivity contribution in [2.45, 2.75) is 38.5 Å². The largest absolute Gasteiger partial charge is 0.473 e. The van der Waals surface area contributed by atoms with Gasteiger partial charge in [-0.25, -0.2) is 18.7 Å². The van der Waals surface area contributed by atoms with Crippen LogP contribution in [-0.2, 0) is 24.3 Å². The number of hydrogen-bond acceptors (Lipinski definition) is 4. The third-order valence-corrected chi connectivity index (χ3v) is 7.32. The molecule has 0 N–H and O–H groups in total. The highest BCUT2D eigenvalue weighted by Gasteiger charge is 2.20. The van der Waals surface area contributed by atoms with Crippen LogP contribution < -0.4 is 4.74 Å². The molecule has 2 aromatic heterocycles. The van der Waals surface area contributed by atoms with Gasteiger partial charge in [0.25, 0.3) is 0 Å². The van der Waals surface area contributed by atoms with Crippen LogP contribution in [-0.4, -0.2) is 27.2 Å². The van der Waals surface area contributed by atoms with Gasteiger partial charge in [0.1, 0.15) is 24.1 Å². The van der Waals surface area contributed by atoms with Crippen molar-refractivity contribution in [1.29, 1.82) is 0 Å². The molecule has 198 valence electrons. The van der Waals surface area contributed by atoms with Crippen molar-refractivity contribution in [1.82, 2.24) is 14.5 Å². The van der Waals surface area contributed by atoms with Crippen molar-refractivity contribution in [2.24, 2.45) is 0 Å². The van der Waals surface area contributed by atoms with Gasteiger partial charge in [-0.3, -0.25) is 0 Å². The van der Waals surface area contributed by atoms with E-state index in [1.807, 2.05) is 24.3 Å². The van der Waals surface area contributed by atoms with Crippen LogP contribution in [0.4, 0.5) is 8.78 Å². The lowest BCUT2D eigenvalue weighted by Gasteiger charge is -2.14. The van der Waals surface area contributed by atoms with Gasteiger partial charge in [-0.15, -0.1) is 0 Å². The Morgan fingerprint density at radius 3 is 2.64 bits per heavy atom. The maximum atomic E-state index is 15.4. The van der Waals surface area contributed by atoms with Crippen LogP contribution in [0.2, 0.25) is 5.02 Å². The first-order chi connectivity index (χ1) is 19.0. The van der Waals surface area contributed by atoms with Gasteiger partial charge in [-0.1, -0.05) is 41.9 Å². The Bertz CT molecular complexity index is 1610. The van der Waals surface area contributed by atoms with Gasteiger partial charge in [-0.05, 0) is 60.9 Å². The smallest absolute Gasteiger partial charge is 0.214 e. The Morgan fingerprint density at radius 1 is 0.949 bits per heavy atom. The number of ether oxygens (including phenoxy) is 2. The second-order valence-electron chi connectivity index (χ2n) is 9.60. The number of pyridine rings is 1. The third-order valence-electron chi connectivity index (χ3n) is 6.97. The molecule has 6 rings (SSSR count). The summed E-state index contributed by atoms with van der Waals surface area (Å²) in [5, 5.41) is 0.275. The highest BCUT2D eigenvalue weighted by atomic mass is 35.5. The first-order valence-electron chi connectivity index (χ1n) is 12.9. The van der Waals surface area contributed by atoms with Crippen molar-refractivity contribution in [3.63, 3.8) is 0 Å². The van der Waals surface area contributed by atoms with Gasteiger partial charge < -0.3 is 14.0 Å². The maximum Gasteiger partial charge on any atom is 0.214 e. The molecule has 1 fully saturated rings. The lowest BCUT2D eigenvalue weighted by atomic mass is 10.1. The summed E-state index contributed by atoms with van der Waals surface area (Å²) in [6.45, 7) is 1.43. The molecule has 1 aliphatic rings. The van der Waals surface area contributed by atoms with E-state index >= 15 is 4.39 Å². The second-order valence-corrected chi connectivity index (χ2v) is 10.0. The van der Waals surface area contributed by atoms with E-state index in [9.17, 15) is 4.39 Å². The molecular weight excluding hydrogens is 520 g/mol. The van der Waals surface area contributed by atoms with E-state index in [1.165, 1.54) is 18.2 Å². The third kappa shape index (κ3) is 5.51. The molecule has 8 heteroatoms. The quantitative estimate of drug-likeness (QED) is 0.204. The molecule has 1 atom stereocenters. The molecule has 0 amide bonds. The lowest BCUT2D eigenvalue weighted by molar-refractivity contribution is 0.0973. The number of nitrogens with zero attached hydrogens (tertiary/aromatic N) is 3. The molecule has 1 unspecified atom stereocenters. The summed E-state index contributed by atoms with van der Waals surface area (Å²) in [6.07, 6.45) is 2.74. The van der Waals surface area contributed by atoms with Gasteiger partial charge in [0.15, 0.2) is 0 Å². The van der Waals surface area contributed by atoms with Gasteiger partial charge >= 0.3 is 0 Å². The standard InChI is InChI=1S/C31H26ClF2N3O2/c32-24-7-3-8-25(33)23(24)19-39-31-12-4-10-27(36-31)22-14-13-20(16-26(22)34)17-30-35-28-9-1-2-11-29(28)37(30)18-21-6-5-15-38-21/h1-4,7-14,16,21H,5-6,15,17-19H2. The maximum absolute atomic E-state index is 15.4. The SMILES string of the molecule is Fc1cc(Cc2nc3ccccc3n2CC2CCCO2)ccc1-c1cccc(OCc2c(F)cccc2Cl)n1. The Labute approximate surface area is 230 Å². The number of halogens is 3. The Kier molecular flexibility index (Phi) is 7.26. The molecule has 0 spiro atoms. The number of aromatic nitrogens is 3. The van der Waals surface area contributed by atoms with E-state index in [2.05, 4.69) is 15.6 Å². The van der Waals surface area contributed by atoms with E-state index in [1.54, 1.807) is 30.3 Å². The summed E-state index contributed by atoms with van der Waals surface area (Å²) in [7, 11) is 0. The normalized spacial score (nSPS) is 15.2. The molecule has 5 aromatic rings. The molecule has 3 aromatic carbocycles. The Balaban J connectivity index is 1.22. The van der Waals surface area contributed by atoms with E-state index in [0.29, 0.717) is 17.7 Å². The fourth-order valence-electron chi connectivity index (χ4n) is 4.98. The van der Waals surface area contributed by atoms with Gasteiger partial charge in [-0.2, -0.15) is 0 Å². The first-order valence-corrected chi connectivity index (χ1v) is 13.3. The number of imidazole rings is 1. The fourth-order valence-corrected chi connectivity index (χ4v) is 5.19. The highest BCUT2D eigenvalue weighted by Crippen LogP contribution is 2.27. The fraction of sp³-hybridized carbons (Fsp3) is 0.226. The van der Waals surface area contributed by atoms with Gasteiger partial charge in [0, 0.05) is 30.2 Å². The summed E-state index contributed by atoms with van der Waals surface area (Å²) in [5.41, 5.74) is 3.79. The highest BCUT2D eigenvalue weighted by molar-refractivity contribution is 6.31. The first kappa shape index (κ1) is 25.5. The van der Waals surface area contributed by atoms with Crippen molar-refractivity contribution in [3.05, 3.63) is 112 Å². The van der Waals surface area contributed by atoms with Crippen LogP contribution in [0.25, 0.3) is 22.3 Å². The topological polar surface area (TPSA) is 49.2 Å². The number of rotatable bonds is 8. The monoisotopic (exact) mass is 545 g/mol. The number of hydrogen-bond donors (Lipinski definition) is 0. The summed E-state index contributed by atoms with van der Waals surface area (Å²) < 4.78 is 43.2. The molecule has 1 saturated heterocycles. The Morgan fingerprint density at radius 2 is 1.82 bits per heavy atom. The van der Waals surface area contributed by atoms with Crippen LogP contribution in [0.5, 0.6) is 5.88 Å². The van der Waals surface area contributed by atoms with Gasteiger partial charge in [0.05, 0.1) is 34.4 Å². The van der Waals surface area contributed by atoms with Crippen LogP contribution in [0.3, 0.4) is 0 Å². The minimum absolute atomic E-state index is 0.0870. The molecule has 39 heavy (non-hydrogen) atoms. The van der Waals surface area contributed by atoms with E-state index < -0.39 is 11.6 Å². The van der Waals surface area contributed by atoms with E-state index in [0.717, 1.165) is 48.4 Å². The average molecular weight is 546 g/mol. The molecule has 3 heterocycles. The Hall–Kier alpha value is -3.81. The summed E-state index contributed by atoms with van der Waals surface area (Å²) in [6, 6.07) is 22.7. The zero-order valence-electron chi connectivity index (χ0n) is 21.1. The summed E-state index contributed by atoms with van der Waals surface area (Å²) >= 11 is 6.09. The molecule has 0 radical (unpaired) electrons. The van der Waals surface area contributed by atoms with Crippen molar-refractivity contribution >= 4 is 22.6 Å². The van der Waals surface area contributed by atoms with Crippen molar-refractivity contribution < 1.29 is 18.3 Å². The summed E-state index contributed by atoms with van der Waals surface area (Å²) in [4.78, 5) is 9.28. The minimum Gasteiger partial charge on any atom is -0.473 e. The second kappa shape index (κ2) is 11.1. The molecule has 0 aliphatic carbocycles. The lowest BCUT2D eigenvalue weighted by Crippen LogP contribution is -2.17. The van der Waals surface area contributed by atoms with Crippen LogP contribution in [0.15, 0.2) is 78.9 Å². The van der Waals surface area contributed by atoms with Crippen LogP contribution in [0, 0.1) is 11.6 Å². The van der Waals surface area contributed by atoms with Gasteiger partial charge in [0.2, 0.25) is 5.88 Å².